The van der Waals surface area contributed by atoms with Crippen LogP contribution in [0.2, 0.25) is 0 Å². The van der Waals surface area contributed by atoms with E-state index in [-0.39, 0.29) is 0 Å². The fourth-order valence-corrected chi connectivity index (χ4v) is 4.47. The molecule has 1 atom stereocenters. The van der Waals surface area contributed by atoms with E-state index in [4.69, 9.17) is 10.7 Å². The highest BCUT2D eigenvalue weighted by atomic mass is 15.2. The maximum Gasteiger partial charge on any atom is 0.0607 e. The molecule has 3 nitrogen and oxygen atoms in total. The number of aromatic nitrogens is 1. The van der Waals surface area contributed by atoms with Gasteiger partial charge in [-0.15, -0.1) is 0 Å². The van der Waals surface area contributed by atoms with Crippen LogP contribution >= 0.6 is 0 Å². The second kappa shape index (κ2) is 8.15. The van der Waals surface area contributed by atoms with Crippen LogP contribution in [0, 0.1) is 0 Å². The summed E-state index contributed by atoms with van der Waals surface area (Å²) in [5.74, 6) is 0. The molecule has 26 heavy (non-hydrogen) atoms. The predicted molar refractivity (Wildman–Crippen MR) is 108 cm³/mol. The van der Waals surface area contributed by atoms with E-state index in [1.54, 1.807) is 0 Å². The van der Waals surface area contributed by atoms with E-state index in [1.807, 2.05) is 6.20 Å². The monoisotopic (exact) mass is 347 g/mol. The molecule has 0 fully saturated rings. The van der Waals surface area contributed by atoms with Crippen molar-refractivity contribution in [3.05, 3.63) is 70.6 Å². The van der Waals surface area contributed by atoms with Gasteiger partial charge in [0.25, 0.3) is 0 Å². The first-order valence-corrected chi connectivity index (χ1v) is 10.0. The number of hydrogen-bond acceptors (Lipinski definition) is 3. The highest BCUT2D eigenvalue weighted by Crippen LogP contribution is 2.35. The van der Waals surface area contributed by atoms with Crippen molar-refractivity contribution >= 4 is 6.08 Å². The first-order valence-electron chi connectivity index (χ1n) is 10.0. The van der Waals surface area contributed by atoms with Crippen molar-refractivity contribution in [1.82, 2.24) is 9.88 Å². The lowest BCUT2D eigenvalue weighted by Gasteiger charge is -2.35. The number of allylic oxidation sites excluding steroid dienone is 1. The summed E-state index contributed by atoms with van der Waals surface area (Å²) in [6.07, 6.45) is 13.4. The molecule has 0 amide bonds. The molecular weight excluding hydrogens is 318 g/mol. The first kappa shape index (κ1) is 17.4. The summed E-state index contributed by atoms with van der Waals surface area (Å²) in [5, 5.41) is 0. The Balaban J connectivity index is 1.60. The van der Waals surface area contributed by atoms with Gasteiger partial charge in [-0.3, -0.25) is 9.88 Å². The average molecular weight is 348 g/mol. The van der Waals surface area contributed by atoms with E-state index in [9.17, 15) is 0 Å². The predicted octanol–water partition coefficient (Wildman–Crippen LogP) is 4.27. The molecule has 0 spiro atoms. The molecule has 0 aliphatic heterocycles. The van der Waals surface area contributed by atoms with Crippen molar-refractivity contribution < 1.29 is 0 Å². The van der Waals surface area contributed by atoms with Gasteiger partial charge in [0.2, 0.25) is 0 Å². The van der Waals surface area contributed by atoms with Crippen molar-refractivity contribution in [3.63, 3.8) is 0 Å². The summed E-state index contributed by atoms with van der Waals surface area (Å²) in [5.41, 5.74) is 12.9. The minimum Gasteiger partial charge on any atom is -0.330 e. The summed E-state index contributed by atoms with van der Waals surface area (Å²) < 4.78 is 0. The smallest absolute Gasteiger partial charge is 0.0607 e. The van der Waals surface area contributed by atoms with Crippen LogP contribution in [0.3, 0.4) is 0 Å². The third kappa shape index (κ3) is 3.60. The fraction of sp³-hybridized carbons (Fsp3) is 0.435. The number of nitrogens with two attached hydrogens (primary N) is 1. The molecular formula is C23H29N3. The highest BCUT2D eigenvalue weighted by molar-refractivity contribution is 5.61. The zero-order valence-electron chi connectivity index (χ0n) is 15.5. The second-order valence-corrected chi connectivity index (χ2v) is 7.51. The van der Waals surface area contributed by atoms with Crippen molar-refractivity contribution in [2.45, 2.75) is 51.1 Å². The quantitative estimate of drug-likeness (QED) is 0.761. The SMILES string of the molecule is NCCCCN(Cc1cccc2c1CC=C2)C1CCCc2cccnc21. The minimum absolute atomic E-state index is 0.433. The second-order valence-electron chi connectivity index (χ2n) is 7.51. The van der Waals surface area contributed by atoms with E-state index in [0.29, 0.717) is 6.04 Å². The molecule has 4 rings (SSSR count). The van der Waals surface area contributed by atoms with Crippen molar-refractivity contribution in [3.8, 4) is 0 Å². The van der Waals surface area contributed by atoms with E-state index in [0.717, 1.165) is 38.9 Å². The molecule has 0 radical (unpaired) electrons. The Morgan fingerprint density at radius 3 is 3.04 bits per heavy atom. The number of unbranched alkanes of at least 4 members (excludes halogenated alkanes) is 1. The molecule has 3 heteroatoms. The van der Waals surface area contributed by atoms with Crippen molar-refractivity contribution in [1.29, 1.82) is 0 Å². The van der Waals surface area contributed by atoms with Crippen LogP contribution in [0.15, 0.2) is 42.6 Å². The van der Waals surface area contributed by atoms with E-state index in [2.05, 4.69) is 47.4 Å². The number of aryl methyl sites for hydroxylation is 1. The Labute approximate surface area is 156 Å². The molecule has 0 saturated carbocycles. The summed E-state index contributed by atoms with van der Waals surface area (Å²) in [7, 11) is 0. The summed E-state index contributed by atoms with van der Waals surface area (Å²) >= 11 is 0. The largest absolute Gasteiger partial charge is 0.330 e. The zero-order chi connectivity index (χ0) is 17.8. The van der Waals surface area contributed by atoms with Crippen molar-refractivity contribution in [2.24, 2.45) is 5.73 Å². The Hall–Kier alpha value is -1.97. The van der Waals surface area contributed by atoms with Crippen molar-refractivity contribution in [2.75, 3.05) is 13.1 Å². The Morgan fingerprint density at radius 1 is 1.15 bits per heavy atom. The lowest BCUT2D eigenvalue weighted by Crippen LogP contribution is -2.33. The lowest BCUT2D eigenvalue weighted by atomic mass is 9.90. The van der Waals surface area contributed by atoms with Crippen LogP contribution in [0.5, 0.6) is 0 Å². The molecule has 2 aliphatic carbocycles. The third-order valence-electron chi connectivity index (χ3n) is 5.81. The first-order chi connectivity index (χ1) is 12.9. The van der Waals surface area contributed by atoms with Crippen LogP contribution in [0.1, 0.15) is 59.7 Å². The van der Waals surface area contributed by atoms with Gasteiger partial charge >= 0.3 is 0 Å². The normalized spacial score (nSPS) is 18.2. The highest BCUT2D eigenvalue weighted by Gasteiger charge is 2.27. The topological polar surface area (TPSA) is 42.1 Å². The maximum absolute atomic E-state index is 5.76. The van der Waals surface area contributed by atoms with Gasteiger partial charge in [-0.05, 0) is 79.9 Å². The Bertz CT molecular complexity index is 781. The number of fused-ring (bicyclic) bond motifs is 2. The van der Waals surface area contributed by atoms with Gasteiger partial charge in [0, 0.05) is 12.7 Å². The average Bonchev–Trinajstić information content (AvgIpc) is 3.17. The van der Waals surface area contributed by atoms with Crippen LogP contribution in [0.25, 0.3) is 6.08 Å². The zero-order valence-corrected chi connectivity index (χ0v) is 15.5. The van der Waals surface area contributed by atoms with Gasteiger partial charge in [0.15, 0.2) is 0 Å². The summed E-state index contributed by atoms with van der Waals surface area (Å²) in [6, 6.07) is 11.5. The molecule has 2 N–H and O–H groups in total. The Kier molecular flexibility index (Phi) is 5.47. The third-order valence-corrected chi connectivity index (χ3v) is 5.81. The number of hydrogen-bond donors (Lipinski definition) is 1. The number of pyridine rings is 1. The fourth-order valence-electron chi connectivity index (χ4n) is 4.47. The van der Waals surface area contributed by atoms with Gasteiger partial charge in [0.05, 0.1) is 11.7 Å². The van der Waals surface area contributed by atoms with Crippen LogP contribution < -0.4 is 5.73 Å². The van der Waals surface area contributed by atoms with E-state index < -0.39 is 0 Å². The lowest BCUT2D eigenvalue weighted by molar-refractivity contribution is 0.162. The summed E-state index contributed by atoms with van der Waals surface area (Å²) in [6.45, 7) is 2.88. The molecule has 2 aromatic rings. The molecule has 136 valence electrons. The molecule has 1 aromatic carbocycles. The standard InChI is InChI=1S/C23H29N3/c24-14-1-2-16-26(17-20-10-3-7-18-8-4-12-21(18)20)22-13-5-9-19-11-6-15-25-23(19)22/h3-4,6-8,10-11,15,22H,1-2,5,9,12-14,16-17,24H2. The van der Waals surface area contributed by atoms with Gasteiger partial charge in [0.1, 0.15) is 0 Å². The number of benzene rings is 1. The minimum atomic E-state index is 0.433. The van der Waals surface area contributed by atoms with Gasteiger partial charge in [-0.2, -0.15) is 0 Å². The van der Waals surface area contributed by atoms with E-state index >= 15 is 0 Å². The maximum atomic E-state index is 5.76. The van der Waals surface area contributed by atoms with Crippen LogP contribution in [-0.4, -0.2) is 23.0 Å². The molecule has 0 bridgehead atoms. The summed E-state index contributed by atoms with van der Waals surface area (Å²) in [4.78, 5) is 7.45. The molecule has 1 aromatic heterocycles. The number of rotatable bonds is 7. The van der Waals surface area contributed by atoms with Gasteiger partial charge < -0.3 is 5.73 Å². The van der Waals surface area contributed by atoms with Gasteiger partial charge in [-0.25, -0.2) is 0 Å². The molecule has 1 unspecified atom stereocenters. The van der Waals surface area contributed by atoms with E-state index in [1.165, 1.54) is 47.2 Å². The van der Waals surface area contributed by atoms with Crippen LogP contribution in [-0.2, 0) is 19.4 Å². The molecule has 0 saturated heterocycles. The van der Waals surface area contributed by atoms with Crippen LogP contribution in [0.4, 0.5) is 0 Å². The molecule has 2 aliphatic rings. The molecule has 1 heterocycles. The van der Waals surface area contributed by atoms with Gasteiger partial charge in [-0.1, -0.05) is 36.4 Å². The number of nitrogens with zero attached hydrogens (tertiary/aromatic N) is 2. The Morgan fingerprint density at radius 2 is 2.12 bits per heavy atom.